The van der Waals surface area contributed by atoms with Gasteiger partial charge in [-0.3, -0.25) is 9.79 Å². The van der Waals surface area contributed by atoms with Crippen molar-refractivity contribution in [1.82, 2.24) is 0 Å². The SMILES string of the molecule is CC(C)(C)C(=O)OC(CCCN=C(N)N)C(N)C(C)(C)C. The molecule has 0 rings (SSSR count). The molecule has 21 heavy (non-hydrogen) atoms. The molecule has 0 fully saturated rings. The Hall–Kier alpha value is -1.30. The first kappa shape index (κ1) is 19.7. The maximum absolute atomic E-state index is 12.1. The lowest BCUT2D eigenvalue weighted by molar-refractivity contribution is -0.161. The lowest BCUT2D eigenvalue weighted by atomic mass is 9.82. The number of rotatable bonds is 6. The van der Waals surface area contributed by atoms with Gasteiger partial charge in [0.2, 0.25) is 0 Å². The second kappa shape index (κ2) is 7.64. The van der Waals surface area contributed by atoms with Crippen molar-refractivity contribution in [2.24, 2.45) is 33.0 Å². The molecule has 0 aliphatic rings. The summed E-state index contributed by atoms with van der Waals surface area (Å²) in [6.45, 7) is 12.1. The fourth-order valence-electron chi connectivity index (χ4n) is 1.68. The molecule has 0 aromatic carbocycles. The molecule has 0 spiro atoms. The van der Waals surface area contributed by atoms with Crippen LogP contribution < -0.4 is 17.2 Å². The van der Waals surface area contributed by atoms with Gasteiger partial charge in [-0.15, -0.1) is 0 Å². The standard InChI is InChI=1S/C15H32N4O2/c1-14(2,3)11(16)10(8-7-9-19-13(17)18)21-12(20)15(4,5)6/h10-11H,7-9,16H2,1-6H3,(H4,17,18,19). The highest BCUT2D eigenvalue weighted by Crippen LogP contribution is 2.26. The molecule has 124 valence electrons. The number of hydrogen-bond acceptors (Lipinski definition) is 4. The van der Waals surface area contributed by atoms with Crippen LogP contribution in [0.4, 0.5) is 0 Å². The Balaban J connectivity index is 4.78. The second-order valence-corrected chi connectivity index (χ2v) is 7.53. The van der Waals surface area contributed by atoms with Crippen molar-refractivity contribution in [2.75, 3.05) is 6.54 Å². The van der Waals surface area contributed by atoms with Crippen molar-refractivity contribution < 1.29 is 9.53 Å². The van der Waals surface area contributed by atoms with Crippen molar-refractivity contribution in [2.45, 2.75) is 66.5 Å². The van der Waals surface area contributed by atoms with Crippen LogP contribution in [0, 0.1) is 10.8 Å². The molecule has 0 aliphatic heterocycles. The van der Waals surface area contributed by atoms with E-state index in [0.29, 0.717) is 19.4 Å². The van der Waals surface area contributed by atoms with Gasteiger partial charge < -0.3 is 21.9 Å². The van der Waals surface area contributed by atoms with E-state index in [1.54, 1.807) is 0 Å². The number of nitrogens with zero attached hydrogens (tertiary/aromatic N) is 1. The van der Waals surface area contributed by atoms with Crippen LogP contribution in [0.1, 0.15) is 54.4 Å². The van der Waals surface area contributed by atoms with Gasteiger partial charge in [0.25, 0.3) is 0 Å². The van der Waals surface area contributed by atoms with E-state index >= 15 is 0 Å². The summed E-state index contributed by atoms with van der Waals surface area (Å²) in [5.74, 6) is -0.174. The molecule has 2 atom stereocenters. The Labute approximate surface area is 128 Å². The van der Waals surface area contributed by atoms with Crippen LogP contribution in [-0.4, -0.2) is 30.6 Å². The lowest BCUT2D eigenvalue weighted by Crippen LogP contribution is -2.48. The first-order valence-electron chi connectivity index (χ1n) is 7.37. The number of aliphatic imine (C=N–C) groups is 1. The predicted molar refractivity (Wildman–Crippen MR) is 86.7 cm³/mol. The van der Waals surface area contributed by atoms with Crippen LogP contribution in [0.5, 0.6) is 0 Å². The van der Waals surface area contributed by atoms with Gasteiger partial charge in [-0.1, -0.05) is 20.8 Å². The molecule has 0 aromatic heterocycles. The summed E-state index contributed by atoms with van der Waals surface area (Å²) in [5, 5.41) is 0. The van der Waals surface area contributed by atoms with Crippen LogP contribution in [0.15, 0.2) is 4.99 Å². The molecule has 0 amide bonds. The average Bonchev–Trinajstić information content (AvgIpc) is 2.29. The predicted octanol–water partition coefficient (Wildman–Crippen LogP) is 1.37. The quantitative estimate of drug-likeness (QED) is 0.296. The number of nitrogens with two attached hydrogens (primary N) is 3. The van der Waals surface area contributed by atoms with E-state index in [2.05, 4.69) is 4.99 Å². The maximum atomic E-state index is 12.1. The number of carbonyl (C=O) groups excluding carboxylic acids is 1. The fraction of sp³-hybridized carbons (Fsp3) is 0.867. The minimum absolute atomic E-state index is 0.0679. The summed E-state index contributed by atoms with van der Waals surface area (Å²) in [4.78, 5) is 16.0. The Kier molecular flexibility index (Phi) is 7.16. The van der Waals surface area contributed by atoms with E-state index in [1.165, 1.54) is 0 Å². The summed E-state index contributed by atoms with van der Waals surface area (Å²) < 4.78 is 5.64. The zero-order chi connectivity index (χ0) is 16.8. The first-order valence-corrected chi connectivity index (χ1v) is 7.37. The van der Waals surface area contributed by atoms with Crippen molar-refractivity contribution in [3.63, 3.8) is 0 Å². The number of carbonyl (C=O) groups is 1. The maximum Gasteiger partial charge on any atom is 0.311 e. The summed E-state index contributed by atoms with van der Waals surface area (Å²) in [7, 11) is 0. The van der Waals surface area contributed by atoms with Gasteiger partial charge in [-0.25, -0.2) is 0 Å². The molecule has 6 heteroatoms. The molecule has 6 nitrogen and oxygen atoms in total. The van der Waals surface area contributed by atoms with Gasteiger partial charge in [0.1, 0.15) is 6.10 Å². The first-order chi connectivity index (χ1) is 9.35. The lowest BCUT2D eigenvalue weighted by Gasteiger charge is -2.35. The van der Waals surface area contributed by atoms with Crippen molar-refractivity contribution in [3.8, 4) is 0 Å². The van der Waals surface area contributed by atoms with E-state index in [4.69, 9.17) is 21.9 Å². The van der Waals surface area contributed by atoms with E-state index in [-0.39, 0.29) is 29.5 Å². The summed E-state index contributed by atoms with van der Waals surface area (Å²) in [5.41, 5.74) is 16.2. The third-order valence-electron chi connectivity index (χ3n) is 3.21. The zero-order valence-electron chi connectivity index (χ0n) is 14.3. The molecule has 0 saturated heterocycles. The number of esters is 1. The average molecular weight is 300 g/mol. The Morgan fingerprint density at radius 3 is 2.05 bits per heavy atom. The minimum Gasteiger partial charge on any atom is -0.460 e. The van der Waals surface area contributed by atoms with E-state index in [0.717, 1.165) is 0 Å². The Morgan fingerprint density at radius 2 is 1.67 bits per heavy atom. The van der Waals surface area contributed by atoms with Crippen LogP contribution in [0.25, 0.3) is 0 Å². The van der Waals surface area contributed by atoms with Gasteiger partial charge in [-0.2, -0.15) is 0 Å². The number of hydrogen-bond donors (Lipinski definition) is 3. The highest BCUT2D eigenvalue weighted by atomic mass is 16.5. The Morgan fingerprint density at radius 1 is 1.14 bits per heavy atom. The highest BCUT2D eigenvalue weighted by molar-refractivity contribution is 5.76. The topological polar surface area (TPSA) is 117 Å². The third kappa shape index (κ3) is 7.90. The van der Waals surface area contributed by atoms with Gasteiger partial charge in [0.05, 0.1) is 5.41 Å². The molecular formula is C15H32N4O2. The highest BCUT2D eigenvalue weighted by Gasteiger charge is 2.34. The van der Waals surface area contributed by atoms with Crippen molar-refractivity contribution in [3.05, 3.63) is 0 Å². The molecule has 0 aliphatic carbocycles. The minimum atomic E-state index is -0.546. The van der Waals surface area contributed by atoms with Gasteiger partial charge in [-0.05, 0) is 39.0 Å². The van der Waals surface area contributed by atoms with E-state index < -0.39 is 5.41 Å². The molecular weight excluding hydrogens is 268 g/mol. The molecule has 6 N–H and O–H groups in total. The largest absolute Gasteiger partial charge is 0.460 e. The van der Waals surface area contributed by atoms with Crippen LogP contribution in [0.3, 0.4) is 0 Å². The monoisotopic (exact) mass is 300 g/mol. The second-order valence-electron chi connectivity index (χ2n) is 7.53. The molecule has 2 unspecified atom stereocenters. The van der Waals surface area contributed by atoms with Crippen molar-refractivity contribution >= 4 is 11.9 Å². The fourth-order valence-corrected chi connectivity index (χ4v) is 1.68. The Bertz CT molecular complexity index is 363. The molecule has 0 radical (unpaired) electrons. The molecule has 0 aromatic rings. The van der Waals surface area contributed by atoms with Crippen LogP contribution >= 0.6 is 0 Å². The van der Waals surface area contributed by atoms with Gasteiger partial charge in [0.15, 0.2) is 5.96 Å². The van der Waals surface area contributed by atoms with Crippen LogP contribution in [0.2, 0.25) is 0 Å². The molecule has 0 heterocycles. The van der Waals surface area contributed by atoms with Gasteiger partial charge >= 0.3 is 5.97 Å². The normalized spacial score (nSPS) is 15.2. The van der Waals surface area contributed by atoms with Crippen LogP contribution in [-0.2, 0) is 9.53 Å². The summed E-state index contributed by atoms with van der Waals surface area (Å²) in [6.07, 6.45) is 1.01. The zero-order valence-corrected chi connectivity index (χ0v) is 14.3. The van der Waals surface area contributed by atoms with E-state index in [9.17, 15) is 4.79 Å². The third-order valence-corrected chi connectivity index (χ3v) is 3.21. The van der Waals surface area contributed by atoms with Crippen molar-refractivity contribution in [1.29, 1.82) is 0 Å². The summed E-state index contributed by atoms with van der Waals surface area (Å²) >= 11 is 0. The number of ether oxygens (including phenoxy) is 1. The number of guanidine groups is 1. The summed E-state index contributed by atoms with van der Waals surface area (Å²) in [6, 6.07) is -0.247. The molecule has 0 bridgehead atoms. The smallest absolute Gasteiger partial charge is 0.311 e. The van der Waals surface area contributed by atoms with Gasteiger partial charge in [0, 0.05) is 12.6 Å². The molecule has 0 saturated carbocycles. The van der Waals surface area contributed by atoms with E-state index in [1.807, 2.05) is 41.5 Å².